The third kappa shape index (κ3) is 3.49. The van der Waals surface area contributed by atoms with Gasteiger partial charge in [0.2, 0.25) is 0 Å². The quantitative estimate of drug-likeness (QED) is 0.871. The van der Waals surface area contributed by atoms with Crippen LogP contribution >= 0.6 is 0 Å². The second-order valence-corrected chi connectivity index (χ2v) is 6.20. The van der Waals surface area contributed by atoms with Gasteiger partial charge in [-0.1, -0.05) is 13.8 Å². The molecule has 0 saturated heterocycles. The fourth-order valence-electron chi connectivity index (χ4n) is 2.19. The number of nitrogens with one attached hydrogen (secondary N) is 2. The minimum absolute atomic E-state index is 0.236. The predicted molar refractivity (Wildman–Crippen MR) is 88.8 cm³/mol. The molecular weight excluding hydrogens is 296 g/mol. The number of pyridine rings is 1. The molecule has 0 aliphatic carbocycles. The van der Waals surface area contributed by atoms with E-state index in [1.165, 1.54) is 16.8 Å². The van der Waals surface area contributed by atoms with Crippen LogP contribution in [0.15, 0.2) is 21.9 Å². The maximum absolute atomic E-state index is 12.3. The second-order valence-electron chi connectivity index (χ2n) is 6.20. The summed E-state index contributed by atoms with van der Waals surface area (Å²) in [6.07, 6.45) is 2.90. The first-order valence-electron chi connectivity index (χ1n) is 7.74. The number of nitrogens with zero attached hydrogens (tertiary/aromatic N) is 2. The number of carbonyl (C=O) groups excluding carboxylic acids is 1. The molecule has 23 heavy (non-hydrogen) atoms. The van der Waals surface area contributed by atoms with E-state index in [-0.39, 0.29) is 16.8 Å². The van der Waals surface area contributed by atoms with Crippen LogP contribution in [-0.2, 0) is 6.54 Å². The highest BCUT2D eigenvalue weighted by molar-refractivity contribution is 5.97. The SMILES string of the molecule is CCCn1c(=O)[nH]c(=O)c2cc(C(=O)NC(C)(C)CC)cnc21. The van der Waals surface area contributed by atoms with Crippen molar-refractivity contribution in [3.63, 3.8) is 0 Å². The molecule has 0 aliphatic heterocycles. The van der Waals surface area contributed by atoms with Crippen LogP contribution in [0.25, 0.3) is 11.0 Å². The first-order chi connectivity index (χ1) is 10.8. The molecular formula is C16H22N4O3. The van der Waals surface area contributed by atoms with Crippen molar-refractivity contribution in [1.29, 1.82) is 0 Å². The van der Waals surface area contributed by atoms with Crippen molar-refractivity contribution >= 4 is 16.9 Å². The molecule has 0 radical (unpaired) electrons. The number of H-pyrrole nitrogens is 1. The van der Waals surface area contributed by atoms with Gasteiger partial charge >= 0.3 is 5.69 Å². The van der Waals surface area contributed by atoms with Crippen LogP contribution in [0.4, 0.5) is 0 Å². The molecule has 7 nitrogen and oxygen atoms in total. The van der Waals surface area contributed by atoms with Crippen molar-refractivity contribution in [3.05, 3.63) is 38.7 Å². The highest BCUT2D eigenvalue weighted by Crippen LogP contribution is 2.12. The molecule has 1 amide bonds. The Morgan fingerprint density at radius 2 is 2.04 bits per heavy atom. The third-order valence-corrected chi connectivity index (χ3v) is 3.88. The Hall–Kier alpha value is -2.44. The molecule has 2 heterocycles. The summed E-state index contributed by atoms with van der Waals surface area (Å²) in [7, 11) is 0. The number of fused-ring (bicyclic) bond motifs is 1. The van der Waals surface area contributed by atoms with Gasteiger partial charge in [-0.25, -0.2) is 9.78 Å². The first kappa shape index (κ1) is 16.9. The molecule has 7 heteroatoms. The number of amides is 1. The largest absolute Gasteiger partial charge is 0.347 e. The lowest BCUT2D eigenvalue weighted by Gasteiger charge is -2.24. The van der Waals surface area contributed by atoms with Gasteiger partial charge in [-0.05, 0) is 32.8 Å². The van der Waals surface area contributed by atoms with Crippen molar-refractivity contribution in [2.45, 2.75) is 52.6 Å². The van der Waals surface area contributed by atoms with Gasteiger partial charge < -0.3 is 5.32 Å². The van der Waals surface area contributed by atoms with Gasteiger partial charge in [0, 0.05) is 18.3 Å². The molecule has 0 unspecified atom stereocenters. The van der Waals surface area contributed by atoms with E-state index in [4.69, 9.17) is 0 Å². The van der Waals surface area contributed by atoms with Gasteiger partial charge in [-0.3, -0.25) is 19.1 Å². The first-order valence-corrected chi connectivity index (χ1v) is 7.74. The fourth-order valence-corrected chi connectivity index (χ4v) is 2.19. The number of hydrogen-bond acceptors (Lipinski definition) is 4. The molecule has 2 N–H and O–H groups in total. The molecule has 2 rings (SSSR count). The van der Waals surface area contributed by atoms with Crippen molar-refractivity contribution in [1.82, 2.24) is 19.9 Å². The summed E-state index contributed by atoms with van der Waals surface area (Å²) in [6, 6.07) is 1.48. The highest BCUT2D eigenvalue weighted by atomic mass is 16.2. The minimum Gasteiger partial charge on any atom is -0.347 e. The lowest BCUT2D eigenvalue weighted by Crippen LogP contribution is -2.42. The summed E-state index contributed by atoms with van der Waals surface area (Å²) in [5.74, 6) is -0.293. The third-order valence-electron chi connectivity index (χ3n) is 3.88. The smallest absolute Gasteiger partial charge is 0.329 e. The Balaban J connectivity index is 2.53. The Kier molecular flexibility index (Phi) is 4.68. The molecule has 0 bridgehead atoms. The van der Waals surface area contributed by atoms with Crippen LogP contribution in [0.2, 0.25) is 0 Å². The molecule has 0 atom stereocenters. The monoisotopic (exact) mass is 318 g/mol. The van der Waals surface area contributed by atoms with E-state index in [2.05, 4.69) is 15.3 Å². The van der Waals surface area contributed by atoms with E-state index < -0.39 is 11.2 Å². The van der Waals surface area contributed by atoms with Crippen molar-refractivity contribution in [2.24, 2.45) is 0 Å². The zero-order valence-corrected chi connectivity index (χ0v) is 13.9. The van der Waals surface area contributed by atoms with Crippen molar-refractivity contribution in [3.8, 4) is 0 Å². The number of aromatic amines is 1. The molecule has 0 aromatic carbocycles. The molecule has 0 saturated carbocycles. The number of aromatic nitrogens is 3. The van der Waals surface area contributed by atoms with Crippen molar-refractivity contribution < 1.29 is 4.79 Å². The highest BCUT2D eigenvalue weighted by Gasteiger charge is 2.20. The predicted octanol–water partition coefficient (Wildman–Crippen LogP) is 1.41. The Morgan fingerprint density at radius 1 is 1.35 bits per heavy atom. The van der Waals surface area contributed by atoms with Crippen LogP contribution in [0.1, 0.15) is 50.9 Å². The van der Waals surface area contributed by atoms with Crippen LogP contribution in [-0.4, -0.2) is 26.0 Å². The van der Waals surface area contributed by atoms with Gasteiger partial charge in [-0.2, -0.15) is 0 Å². The maximum atomic E-state index is 12.3. The van der Waals surface area contributed by atoms with E-state index in [9.17, 15) is 14.4 Å². The zero-order chi connectivity index (χ0) is 17.2. The zero-order valence-electron chi connectivity index (χ0n) is 13.9. The molecule has 0 fully saturated rings. The summed E-state index contributed by atoms with van der Waals surface area (Å²) < 4.78 is 1.41. The molecule has 2 aromatic rings. The topological polar surface area (TPSA) is 96.9 Å². The summed E-state index contributed by atoms with van der Waals surface area (Å²) in [4.78, 5) is 42.7. The maximum Gasteiger partial charge on any atom is 0.329 e. The van der Waals surface area contributed by atoms with E-state index in [1.54, 1.807) is 0 Å². The van der Waals surface area contributed by atoms with Crippen LogP contribution in [0, 0.1) is 0 Å². The van der Waals surface area contributed by atoms with E-state index in [0.717, 1.165) is 12.8 Å². The van der Waals surface area contributed by atoms with Crippen LogP contribution in [0.3, 0.4) is 0 Å². The van der Waals surface area contributed by atoms with Crippen molar-refractivity contribution in [2.75, 3.05) is 0 Å². The summed E-state index contributed by atoms with van der Waals surface area (Å²) in [6.45, 7) is 8.20. The Bertz CT molecular complexity index is 849. The standard InChI is InChI=1S/C16H22N4O3/c1-5-7-20-12-11(14(22)18-15(20)23)8-10(9-17-12)13(21)19-16(3,4)6-2/h8-9H,5-7H2,1-4H3,(H,19,21)(H,18,22,23). The van der Waals surface area contributed by atoms with E-state index in [0.29, 0.717) is 17.8 Å². The van der Waals surface area contributed by atoms with Crippen LogP contribution < -0.4 is 16.6 Å². The molecule has 0 spiro atoms. The average Bonchev–Trinajstić information content (AvgIpc) is 2.50. The molecule has 0 aliphatic rings. The number of hydrogen-bond donors (Lipinski definition) is 2. The van der Waals surface area contributed by atoms with E-state index in [1.807, 2.05) is 27.7 Å². The summed E-state index contributed by atoms with van der Waals surface area (Å²) >= 11 is 0. The summed E-state index contributed by atoms with van der Waals surface area (Å²) in [5.41, 5.74) is -0.770. The lowest BCUT2D eigenvalue weighted by atomic mass is 10.0. The lowest BCUT2D eigenvalue weighted by molar-refractivity contribution is 0.0911. The normalized spacial score (nSPS) is 11.7. The molecule has 124 valence electrons. The fraction of sp³-hybridized carbons (Fsp3) is 0.500. The van der Waals surface area contributed by atoms with Gasteiger partial charge in [-0.15, -0.1) is 0 Å². The number of carbonyl (C=O) groups is 1. The number of rotatable bonds is 5. The minimum atomic E-state index is -0.533. The van der Waals surface area contributed by atoms with Crippen LogP contribution in [0.5, 0.6) is 0 Å². The van der Waals surface area contributed by atoms with Gasteiger partial charge in [0.15, 0.2) is 0 Å². The number of aryl methyl sites for hydroxylation is 1. The summed E-state index contributed by atoms with van der Waals surface area (Å²) in [5, 5.41) is 3.13. The van der Waals surface area contributed by atoms with E-state index >= 15 is 0 Å². The van der Waals surface area contributed by atoms with Gasteiger partial charge in [0.25, 0.3) is 11.5 Å². The van der Waals surface area contributed by atoms with Gasteiger partial charge in [0.05, 0.1) is 10.9 Å². The second kappa shape index (κ2) is 6.36. The average molecular weight is 318 g/mol. The van der Waals surface area contributed by atoms with Gasteiger partial charge in [0.1, 0.15) is 5.65 Å². The Morgan fingerprint density at radius 3 is 2.65 bits per heavy atom. The molecule has 2 aromatic heterocycles. The Labute approximate surface area is 133 Å².